The van der Waals surface area contributed by atoms with E-state index in [1.54, 1.807) is 0 Å². The number of aliphatic imine (C=N–C) groups is 1. The maximum Gasteiger partial charge on any atom is 0.221 e. The second-order valence-electron chi connectivity index (χ2n) is 7.20. The van der Waals surface area contributed by atoms with Gasteiger partial charge in [-0.3, -0.25) is 9.79 Å². The molecule has 1 heterocycles. The molecular weight excluding hydrogens is 447 g/mol. The van der Waals surface area contributed by atoms with Crippen LogP contribution >= 0.6 is 24.0 Å². The van der Waals surface area contributed by atoms with Crippen molar-refractivity contribution in [1.82, 2.24) is 16.0 Å². The maximum absolute atomic E-state index is 12.0. The van der Waals surface area contributed by atoms with Crippen LogP contribution < -0.4 is 16.0 Å². The molecule has 152 valence electrons. The fourth-order valence-corrected chi connectivity index (χ4v) is 3.54. The summed E-state index contributed by atoms with van der Waals surface area (Å²) in [6, 6.07) is 0.370. The van der Waals surface area contributed by atoms with Crippen molar-refractivity contribution in [3.63, 3.8) is 0 Å². The number of aliphatic hydroxyl groups excluding tert-OH is 1. The molecule has 2 aliphatic rings. The molecule has 1 atom stereocenters. The quantitative estimate of drug-likeness (QED) is 0.227. The monoisotopic (exact) mass is 482 g/mol. The minimum Gasteiger partial charge on any atom is -0.396 e. The molecule has 2 fully saturated rings. The topological polar surface area (TPSA) is 95.0 Å². The summed E-state index contributed by atoms with van der Waals surface area (Å²) in [5.74, 6) is 0.830. The Balaban J connectivity index is 0.00000338. The highest BCUT2D eigenvalue weighted by Crippen LogP contribution is 2.32. The molecule has 0 bridgehead atoms. The van der Waals surface area contributed by atoms with E-state index in [0.717, 1.165) is 38.4 Å². The average molecular weight is 482 g/mol. The fourth-order valence-electron chi connectivity index (χ4n) is 3.54. The molecule has 8 heteroatoms. The molecule has 1 amide bonds. The van der Waals surface area contributed by atoms with E-state index in [1.165, 1.54) is 12.8 Å². The summed E-state index contributed by atoms with van der Waals surface area (Å²) < 4.78 is 5.51. The van der Waals surface area contributed by atoms with E-state index in [9.17, 15) is 9.90 Å². The lowest BCUT2D eigenvalue weighted by Gasteiger charge is -2.24. The molecule has 2 rings (SSSR count). The Morgan fingerprint density at radius 1 is 1.31 bits per heavy atom. The third-order valence-electron chi connectivity index (χ3n) is 5.11. The minimum absolute atomic E-state index is 0. The highest BCUT2D eigenvalue weighted by atomic mass is 127. The number of halogens is 1. The van der Waals surface area contributed by atoms with Gasteiger partial charge in [0.05, 0.1) is 13.2 Å². The van der Waals surface area contributed by atoms with Gasteiger partial charge in [0.15, 0.2) is 5.96 Å². The molecule has 4 N–H and O–H groups in total. The molecule has 0 aromatic carbocycles. The van der Waals surface area contributed by atoms with E-state index in [0.29, 0.717) is 38.6 Å². The van der Waals surface area contributed by atoms with Crippen molar-refractivity contribution in [2.45, 2.75) is 57.9 Å². The zero-order chi connectivity index (χ0) is 18.0. The number of guanidine groups is 1. The highest BCUT2D eigenvalue weighted by Gasteiger charge is 2.34. The molecule has 0 aromatic heterocycles. The number of nitrogens with zero attached hydrogens (tertiary/aromatic N) is 1. The van der Waals surface area contributed by atoms with Crippen LogP contribution in [0, 0.1) is 5.41 Å². The minimum atomic E-state index is -0.0586. The van der Waals surface area contributed by atoms with Gasteiger partial charge in [0, 0.05) is 44.2 Å². The van der Waals surface area contributed by atoms with Crippen LogP contribution in [0.1, 0.15) is 51.9 Å². The highest BCUT2D eigenvalue weighted by molar-refractivity contribution is 14.0. The SMILES string of the molecule is CCNC(=NCC1(CCO)CCOC1)NCCC(=O)NC1CCCC1.I. The zero-order valence-corrected chi connectivity index (χ0v) is 18.2. The number of ether oxygens (including phenoxy) is 1. The number of aliphatic hydroxyl groups is 1. The predicted octanol–water partition coefficient (Wildman–Crippen LogP) is 1.40. The molecule has 1 aliphatic carbocycles. The Kier molecular flexibility index (Phi) is 11.5. The van der Waals surface area contributed by atoms with Gasteiger partial charge in [-0.05, 0) is 32.6 Å². The summed E-state index contributed by atoms with van der Waals surface area (Å²) in [4.78, 5) is 16.6. The van der Waals surface area contributed by atoms with Crippen LogP contribution in [0.15, 0.2) is 4.99 Å². The number of carbonyl (C=O) groups excluding carboxylic acids is 1. The first kappa shape index (κ1) is 23.4. The van der Waals surface area contributed by atoms with E-state index in [1.807, 2.05) is 6.92 Å². The Morgan fingerprint density at radius 3 is 2.69 bits per heavy atom. The molecule has 0 spiro atoms. The second kappa shape index (κ2) is 12.7. The van der Waals surface area contributed by atoms with Crippen LogP contribution in [0.25, 0.3) is 0 Å². The van der Waals surface area contributed by atoms with Gasteiger partial charge in [-0.15, -0.1) is 24.0 Å². The Labute approximate surface area is 174 Å². The lowest BCUT2D eigenvalue weighted by atomic mass is 9.84. The molecule has 1 saturated heterocycles. The van der Waals surface area contributed by atoms with Crippen molar-refractivity contribution >= 4 is 35.8 Å². The van der Waals surface area contributed by atoms with E-state index in [2.05, 4.69) is 20.9 Å². The number of hydrogen-bond acceptors (Lipinski definition) is 4. The number of carbonyl (C=O) groups is 1. The largest absolute Gasteiger partial charge is 0.396 e. The van der Waals surface area contributed by atoms with Crippen molar-refractivity contribution in [1.29, 1.82) is 0 Å². The zero-order valence-electron chi connectivity index (χ0n) is 15.9. The smallest absolute Gasteiger partial charge is 0.221 e. The summed E-state index contributed by atoms with van der Waals surface area (Å²) >= 11 is 0. The molecule has 26 heavy (non-hydrogen) atoms. The van der Waals surface area contributed by atoms with Crippen LogP contribution in [0.2, 0.25) is 0 Å². The van der Waals surface area contributed by atoms with Crippen LogP contribution in [0.4, 0.5) is 0 Å². The summed E-state index contributed by atoms with van der Waals surface area (Å²) in [7, 11) is 0. The van der Waals surface area contributed by atoms with Gasteiger partial charge in [0.1, 0.15) is 0 Å². The lowest BCUT2D eigenvalue weighted by molar-refractivity contribution is -0.121. The maximum atomic E-state index is 12.0. The first-order valence-corrected chi connectivity index (χ1v) is 9.67. The van der Waals surface area contributed by atoms with E-state index < -0.39 is 0 Å². The normalized spacial score (nSPS) is 23.5. The van der Waals surface area contributed by atoms with Gasteiger partial charge >= 0.3 is 0 Å². The summed E-state index contributed by atoms with van der Waals surface area (Å²) in [5, 5.41) is 18.9. The van der Waals surface area contributed by atoms with Gasteiger partial charge in [-0.2, -0.15) is 0 Å². The third-order valence-corrected chi connectivity index (χ3v) is 5.11. The van der Waals surface area contributed by atoms with E-state index in [4.69, 9.17) is 4.74 Å². The molecule has 7 nitrogen and oxygen atoms in total. The standard InChI is InChI=1S/C18H34N4O3.HI/c1-2-19-17(21-13-18(8-11-23)9-12-25-14-18)20-10-7-16(24)22-15-5-3-4-6-15;/h15,23H,2-14H2,1H3,(H,22,24)(H2,19,20,21);1H. The lowest BCUT2D eigenvalue weighted by Crippen LogP contribution is -2.41. The average Bonchev–Trinajstić information content (AvgIpc) is 3.25. The molecule has 0 aromatic rings. The van der Waals surface area contributed by atoms with Crippen molar-refractivity contribution in [3.05, 3.63) is 0 Å². The van der Waals surface area contributed by atoms with Crippen LogP contribution in [0.3, 0.4) is 0 Å². The Morgan fingerprint density at radius 2 is 2.08 bits per heavy atom. The molecular formula is C18H35IN4O3. The molecule has 1 saturated carbocycles. The van der Waals surface area contributed by atoms with Gasteiger partial charge in [-0.1, -0.05) is 12.8 Å². The second-order valence-corrected chi connectivity index (χ2v) is 7.20. The molecule has 1 unspecified atom stereocenters. The van der Waals surface area contributed by atoms with E-state index in [-0.39, 0.29) is 41.9 Å². The Hall–Kier alpha value is -0.610. The summed E-state index contributed by atoms with van der Waals surface area (Å²) in [6.07, 6.45) is 6.75. The van der Waals surface area contributed by atoms with Gasteiger partial charge in [-0.25, -0.2) is 0 Å². The number of amides is 1. The van der Waals surface area contributed by atoms with Crippen molar-refractivity contribution in [2.24, 2.45) is 10.4 Å². The Bertz CT molecular complexity index is 436. The number of hydrogen-bond donors (Lipinski definition) is 4. The van der Waals surface area contributed by atoms with Gasteiger partial charge in [0.25, 0.3) is 0 Å². The van der Waals surface area contributed by atoms with Crippen molar-refractivity contribution in [3.8, 4) is 0 Å². The van der Waals surface area contributed by atoms with Crippen LogP contribution in [0.5, 0.6) is 0 Å². The first-order chi connectivity index (χ1) is 12.2. The van der Waals surface area contributed by atoms with Crippen molar-refractivity contribution in [2.75, 3.05) is 39.5 Å². The fraction of sp³-hybridized carbons (Fsp3) is 0.889. The van der Waals surface area contributed by atoms with Gasteiger partial charge in [0.2, 0.25) is 5.91 Å². The van der Waals surface area contributed by atoms with Crippen LogP contribution in [-0.2, 0) is 9.53 Å². The summed E-state index contributed by atoms with van der Waals surface area (Å²) in [6.45, 7) is 5.52. The number of nitrogens with one attached hydrogen (secondary N) is 3. The molecule has 1 aliphatic heterocycles. The van der Waals surface area contributed by atoms with Gasteiger partial charge < -0.3 is 25.8 Å². The van der Waals surface area contributed by atoms with E-state index >= 15 is 0 Å². The van der Waals surface area contributed by atoms with Crippen molar-refractivity contribution < 1.29 is 14.6 Å². The summed E-state index contributed by atoms with van der Waals surface area (Å²) in [5.41, 5.74) is -0.0586. The molecule has 0 radical (unpaired) electrons. The first-order valence-electron chi connectivity index (χ1n) is 9.67. The number of rotatable bonds is 9. The van der Waals surface area contributed by atoms with Crippen LogP contribution in [-0.4, -0.2) is 62.5 Å². The predicted molar refractivity (Wildman–Crippen MR) is 114 cm³/mol. The third kappa shape index (κ3) is 7.96.